The molecule has 0 spiro atoms. The van der Waals surface area contributed by atoms with E-state index >= 15 is 0 Å². The monoisotopic (exact) mass is 434 g/mol. The molecule has 4 rings (SSSR count). The van der Waals surface area contributed by atoms with E-state index in [9.17, 15) is 0 Å². The van der Waals surface area contributed by atoms with Crippen molar-refractivity contribution in [3.8, 4) is 0 Å². The van der Waals surface area contributed by atoms with Gasteiger partial charge in [-0.05, 0) is 130 Å². The maximum absolute atomic E-state index is 2.63. The second-order valence-corrected chi connectivity index (χ2v) is 11.7. The van der Waals surface area contributed by atoms with E-state index in [4.69, 9.17) is 0 Å². The first-order chi connectivity index (χ1) is 15.8. The van der Waals surface area contributed by atoms with Crippen LogP contribution in [0.4, 0.5) is 0 Å². The van der Waals surface area contributed by atoms with E-state index in [0.717, 1.165) is 35.5 Å². The fraction of sp³-hybridized carbons (Fsp3) is 0.750. The van der Waals surface area contributed by atoms with E-state index in [-0.39, 0.29) is 0 Å². The normalized spacial score (nSPS) is 33.3. The topological polar surface area (TPSA) is 0 Å². The molecule has 0 N–H and O–H groups in total. The van der Waals surface area contributed by atoms with Crippen molar-refractivity contribution < 1.29 is 0 Å². The number of aryl methyl sites for hydroxylation is 1. The van der Waals surface area contributed by atoms with Crippen molar-refractivity contribution in [2.45, 2.75) is 122 Å². The van der Waals surface area contributed by atoms with Gasteiger partial charge in [-0.15, -0.1) is 0 Å². The molecule has 3 aliphatic carbocycles. The van der Waals surface area contributed by atoms with Crippen molar-refractivity contribution in [2.75, 3.05) is 0 Å². The Morgan fingerprint density at radius 1 is 0.625 bits per heavy atom. The minimum absolute atomic E-state index is 0.829. The highest BCUT2D eigenvalue weighted by atomic mass is 14.4. The largest absolute Gasteiger partial charge is 0.0851 e. The zero-order valence-corrected chi connectivity index (χ0v) is 21.2. The molecule has 0 radical (unpaired) electrons. The second-order valence-electron chi connectivity index (χ2n) is 11.7. The van der Waals surface area contributed by atoms with Crippen molar-refractivity contribution >= 4 is 0 Å². The maximum atomic E-state index is 2.63. The number of rotatable bonds is 9. The zero-order chi connectivity index (χ0) is 22.2. The molecule has 178 valence electrons. The van der Waals surface area contributed by atoms with Crippen molar-refractivity contribution in [1.29, 1.82) is 0 Å². The molecule has 0 aromatic heterocycles. The molecule has 0 bridgehead atoms. The fourth-order valence-electron chi connectivity index (χ4n) is 7.41. The minimum atomic E-state index is 0.829. The van der Waals surface area contributed by atoms with Gasteiger partial charge in [0.2, 0.25) is 0 Å². The highest BCUT2D eigenvalue weighted by molar-refractivity contribution is 5.26. The van der Waals surface area contributed by atoms with Gasteiger partial charge in [-0.3, -0.25) is 0 Å². The SMILES string of the molecule is CCCCCc1ccc(C2CCC(C3CCC(C4C=CC(CCC)CC4)CC3)CC2)cc1. The molecule has 2 saturated carbocycles. The fourth-order valence-corrected chi connectivity index (χ4v) is 7.41. The maximum Gasteiger partial charge on any atom is -0.0162 e. The van der Waals surface area contributed by atoms with Crippen LogP contribution in [0.25, 0.3) is 0 Å². The minimum Gasteiger partial charge on any atom is -0.0851 e. The van der Waals surface area contributed by atoms with E-state index in [1.54, 1.807) is 11.1 Å². The predicted octanol–water partition coefficient (Wildman–Crippen LogP) is 9.88. The first-order valence-electron chi connectivity index (χ1n) is 14.5. The molecular weight excluding hydrogens is 384 g/mol. The second kappa shape index (κ2) is 12.4. The van der Waals surface area contributed by atoms with E-state index in [1.165, 1.54) is 103 Å². The molecule has 0 nitrogen and oxygen atoms in total. The summed E-state index contributed by atoms with van der Waals surface area (Å²) in [6, 6.07) is 9.76. The van der Waals surface area contributed by atoms with Gasteiger partial charge in [-0.1, -0.05) is 69.5 Å². The van der Waals surface area contributed by atoms with Crippen molar-refractivity contribution in [3.63, 3.8) is 0 Å². The van der Waals surface area contributed by atoms with Crippen LogP contribution in [0.5, 0.6) is 0 Å². The van der Waals surface area contributed by atoms with Crippen LogP contribution in [-0.2, 0) is 6.42 Å². The molecule has 1 aromatic carbocycles. The van der Waals surface area contributed by atoms with Gasteiger partial charge in [-0.25, -0.2) is 0 Å². The average molecular weight is 435 g/mol. The van der Waals surface area contributed by atoms with Crippen LogP contribution in [0.3, 0.4) is 0 Å². The van der Waals surface area contributed by atoms with Crippen molar-refractivity contribution in [3.05, 3.63) is 47.5 Å². The van der Waals surface area contributed by atoms with Crippen LogP contribution in [0.2, 0.25) is 0 Å². The lowest BCUT2D eigenvalue weighted by atomic mass is 9.65. The summed E-state index contributed by atoms with van der Waals surface area (Å²) in [6.45, 7) is 4.63. The summed E-state index contributed by atoms with van der Waals surface area (Å²) in [5, 5.41) is 0. The summed E-state index contributed by atoms with van der Waals surface area (Å²) in [5.74, 6) is 5.68. The molecule has 0 amide bonds. The smallest absolute Gasteiger partial charge is 0.0162 e. The Hall–Kier alpha value is -1.04. The Morgan fingerprint density at radius 3 is 1.88 bits per heavy atom. The van der Waals surface area contributed by atoms with Gasteiger partial charge in [-0.2, -0.15) is 0 Å². The first-order valence-corrected chi connectivity index (χ1v) is 14.5. The third-order valence-corrected chi connectivity index (χ3v) is 9.54. The Morgan fingerprint density at radius 2 is 1.28 bits per heavy atom. The van der Waals surface area contributed by atoms with Crippen LogP contribution in [0, 0.1) is 29.6 Å². The lowest BCUT2D eigenvalue weighted by molar-refractivity contribution is 0.139. The molecule has 2 atom stereocenters. The van der Waals surface area contributed by atoms with Crippen LogP contribution < -0.4 is 0 Å². The Bertz CT molecular complexity index is 666. The highest BCUT2D eigenvalue weighted by Crippen LogP contribution is 2.46. The third-order valence-electron chi connectivity index (χ3n) is 9.54. The summed E-state index contributed by atoms with van der Waals surface area (Å²) in [6.07, 6.45) is 28.1. The Balaban J connectivity index is 1.18. The first kappa shape index (κ1) is 24.1. The Labute approximate surface area is 199 Å². The molecule has 3 aliphatic rings. The van der Waals surface area contributed by atoms with E-state index in [0.29, 0.717) is 0 Å². The third kappa shape index (κ3) is 6.51. The highest BCUT2D eigenvalue weighted by Gasteiger charge is 2.33. The lowest BCUT2D eigenvalue weighted by Crippen LogP contribution is -2.28. The van der Waals surface area contributed by atoms with Crippen molar-refractivity contribution in [1.82, 2.24) is 0 Å². The van der Waals surface area contributed by atoms with E-state index in [1.807, 2.05) is 0 Å². The average Bonchev–Trinajstić information content (AvgIpc) is 2.86. The molecule has 2 fully saturated rings. The van der Waals surface area contributed by atoms with E-state index in [2.05, 4.69) is 50.3 Å². The van der Waals surface area contributed by atoms with Crippen LogP contribution in [-0.4, -0.2) is 0 Å². The summed E-state index contributed by atoms with van der Waals surface area (Å²) < 4.78 is 0. The number of hydrogen-bond donors (Lipinski definition) is 0. The molecule has 0 saturated heterocycles. The van der Waals surface area contributed by atoms with E-state index < -0.39 is 0 Å². The Kier molecular flexibility index (Phi) is 9.36. The van der Waals surface area contributed by atoms with Crippen molar-refractivity contribution in [2.24, 2.45) is 29.6 Å². The summed E-state index contributed by atoms with van der Waals surface area (Å²) in [7, 11) is 0. The van der Waals surface area contributed by atoms with Gasteiger partial charge >= 0.3 is 0 Å². The quantitative estimate of drug-likeness (QED) is 0.268. The zero-order valence-electron chi connectivity index (χ0n) is 21.2. The lowest BCUT2D eigenvalue weighted by Gasteiger charge is -2.40. The van der Waals surface area contributed by atoms with Gasteiger partial charge in [0, 0.05) is 0 Å². The number of hydrogen-bond acceptors (Lipinski definition) is 0. The molecule has 2 unspecified atom stereocenters. The van der Waals surface area contributed by atoms with Crippen LogP contribution in [0.15, 0.2) is 36.4 Å². The molecular formula is C32H50. The summed E-state index contributed by atoms with van der Waals surface area (Å²) >= 11 is 0. The molecule has 0 heteroatoms. The number of allylic oxidation sites excluding steroid dienone is 2. The van der Waals surface area contributed by atoms with Gasteiger partial charge in [0.25, 0.3) is 0 Å². The van der Waals surface area contributed by atoms with Gasteiger partial charge < -0.3 is 0 Å². The molecule has 0 heterocycles. The van der Waals surface area contributed by atoms with Gasteiger partial charge in [0.15, 0.2) is 0 Å². The van der Waals surface area contributed by atoms with Gasteiger partial charge in [0.05, 0.1) is 0 Å². The number of benzene rings is 1. The summed E-state index contributed by atoms with van der Waals surface area (Å²) in [4.78, 5) is 0. The van der Waals surface area contributed by atoms with Crippen LogP contribution >= 0.6 is 0 Å². The van der Waals surface area contributed by atoms with Gasteiger partial charge in [0.1, 0.15) is 0 Å². The molecule has 0 aliphatic heterocycles. The summed E-state index contributed by atoms with van der Waals surface area (Å²) in [5.41, 5.74) is 3.17. The molecule has 1 aromatic rings. The standard InChI is InChI=1S/C32H50/c1-3-5-6-8-26-11-15-28(16-12-26)30-19-23-32(24-20-30)31-21-17-29(18-22-31)27-13-9-25(7-4-2)10-14-27/h9,11-13,15-16,25,27,29-32H,3-8,10,14,17-24H2,1-2H3. The predicted molar refractivity (Wildman–Crippen MR) is 140 cm³/mol. The number of unbranched alkanes of at least 4 members (excludes halogenated alkanes) is 2. The molecule has 32 heavy (non-hydrogen) atoms. The van der Waals surface area contributed by atoms with Crippen LogP contribution in [0.1, 0.15) is 127 Å².